The molecule has 0 aliphatic carbocycles. The molecule has 0 fully saturated rings. The number of aromatic nitrogens is 4. The molecule has 0 atom stereocenters. The van der Waals surface area contributed by atoms with Crippen molar-refractivity contribution in [2.75, 3.05) is 0 Å². The Balaban J connectivity index is 1.97. The highest BCUT2D eigenvalue weighted by molar-refractivity contribution is 6.02. The second-order valence-electron chi connectivity index (χ2n) is 10.3. The second-order valence-corrected chi connectivity index (χ2v) is 10.3. The van der Waals surface area contributed by atoms with Crippen LogP contribution in [0.3, 0.4) is 0 Å². The molecule has 3 heterocycles. The van der Waals surface area contributed by atoms with E-state index in [0.29, 0.717) is 44.7 Å². The number of pyridine rings is 1. The maximum absolute atomic E-state index is 13.3. The highest BCUT2D eigenvalue weighted by Crippen LogP contribution is 2.34. The van der Waals surface area contributed by atoms with Gasteiger partial charge >= 0.3 is 12.2 Å². The first kappa shape index (κ1) is 24.1. The molecule has 182 valence electrons. The zero-order valence-electron chi connectivity index (χ0n) is 20.9. The van der Waals surface area contributed by atoms with Crippen molar-refractivity contribution in [1.82, 2.24) is 19.1 Å². The summed E-state index contributed by atoms with van der Waals surface area (Å²) in [4.78, 5) is 46.5. The number of hydrogen-bond donors (Lipinski definition) is 0. The molecular formula is C26H28N4O5. The predicted octanol–water partition coefficient (Wildman–Crippen LogP) is 5.74. The van der Waals surface area contributed by atoms with Crippen LogP contribution in [-0.2, 0) is 9.47 Å². The molecular weight excluding hydrogens is 448 g/mol. The highest BCUT2D eigenvalue weighted by atomic mass is 16.6. The lowest BCUT2D eigenvalue weighted by Crippen LogP contribution is -2.28. The second kappa shape index (κ2) is 8.33. The zero-order valence-corrected chi connectivity index (χ0v) is 20.9. The van der Waals surface area contributed by atoms with Crippen molar-refractivity contribution in [2.24, 2.45) is 0 Å². The number of carbonyl (C=O) groups excluding carboxylic acids is 3. The van der Waals surface area contributed by atoms with Gasteiger partial charge in [-0.25, -0.2) is 28.7 Å². The molecule has 1 aromatic carbocycles. The molecule has 0 saturated heterocycles. The van der Waals surface area contributed by atoms with Crippen molar-refractivity contribution >= 4 is 40.5 Å². The lowest BCUT2D eigenvalue weighted by Gasteiger charge is -2.21. The Labute approximate surface area is 202 Å². The third-order valence-electron chi connectivity index (χ3n) is 5.10. The van der Waals surface area contributed by atoms with Crippen LogP contribution in [0.4, 0.5) is 9.59 Å². The first-order valence-electron chi connectivity index (χ1n) is 11.2. The Hall–Kier alpha value is -4.01. The van der Waals surface area contributed by atoms with Crippen LogP contribution in [-0.4, -0.2) is 48.8 Å². The Morgan fingerprint density at radius 1 is 0.914 bits per heavy atom. The number of carbonyl (C=O) groups is 3. The summed E-state index contributed by atoms with van der Waals surface area (Å²) in [6.45, 7) is 12.4. The molecule has 0 radical (unpaired) electrons. The Morgan fingerprint density at radius 2 is 1.54 bits per heavy atom. The minimum Gasteiger partial charge on any atom is -0.443 e. The van der Waals surface area contributed by atoms with Crippen LogP contribution in [0.15, 0.2) is 36.5 Å². The number of hydrogen-bond acceptors (Lipinski definition) is 7. The Bertz CT molecular complexity index is 1480. The average molecular weight is 477 g/mol. The number of benzene rings is 1. The van der Waals surface area contributed by atoms with Crippen molar-refractivity contribution in [1.29, 1.82) is 0 Å². The van der Waals surface area contributed by atoms with E-state index in [2.05, 4.69) is 9.97 Å². The number of imidazole rings is 1. The zero-order chi connectivity index (χ0) is 25.7. The maximum Gasteiger partial charge on any atom is 0.421 e. The summed E-state index contributed by atoms with van der Waals surface area (Å²) in [6, 6.07) is 8.57. The fraction of sp³-hybridized carbons (Fsp3) is 0.346. The summed E-state index contributed by atoms with van der Waals surface area (Å²) in [5, 5.41) is 0.684. The van der Waals surface area contributed by atoms with Gasteiger partial charge in [-0.1, -0.05) is 0 Å². The number of rotatable bonds is 2. The van der Waals surface area contributed by atoms with E-state index >= 15 is 0 Å². The number of aldehydes is 1. The molecule has 4 aromatic rings. The fourth-order valence-corrected chi connectivity index (χ4v) is 3.82. The van der Waals surface area contributed by atoms with Gasteiger partial charge in [-0.15, -0.1) is 0 Å². The lowest BCUT2D eigenvalue weighted by atomic mass is 10.1. The number of fused-ring (bicyclic) bond motifs is 2. The highest BCUT2D eigenvalue weighted by Gasteiger charge is 2.27. The van der Waals surface area contributed by atoms with Gasteiger partial charge in [0.25, 0.3) is 0 Å². The van der Waals surface area contributed by atoms with Gasteiger partial charge in [0, 0.05) is 22.7 Å². The van der Waals surface area contributed by atoms with Crippen LogP contribution >= 0.6 is 0 Å². The first-order chi connectivity index (χ1) is 16.3. The molecule has 0 unspecified atom stereocenters. The molecule has 9 nitrogen and oxygen atoms in total. The standard InChI is InChI=1S/C26H28N4O5/c1-15-28-21-18(10-11-27-22(21)29(15)23(32)34-25(2,3)4)20-13-17-12-16(14-31)8-9-19(17)30(20)24(33)35-26(5,6)7/h8-14H,1-7H3. The molecule has 0 amide bonds. The number of aryl methyl sites for hydroxylation is 1. The SMILES string of the molecule is Cc1nc2c(-c3cc4cc(C=O)ccc4n3C(=O)OC(C)(C)C)ccnc2n1C(=O)OC(C)(C)C. The van der Waals surface area contributed by atoms with E-state index in [1.165, 1.54) is 9.13 Å². The largest absolute Gasteiger partial charge is 0.443 e. The van der Waals surface area contributed by atoms with Gasteiger partial charge in [-0.3, -0.25) is 4.79 Å². The van der Waals surface area contributed by atoms with Crippen LogP contribution in [0.1, 0.15) is 57.7 Å². The van der Waals surface area contributed by atoms with Gasteiger partial charge in [0.05, 0.1) is 11.2 Å². The van der Waals surface area contributed by atoms with Crippen molar-refractivity contribution in [3.8, 4) is 11.3 Å². The van der Waals surface area contributed by atoms with Gasteiger partial charge in [0.15, 0.2) is 5.65 Å². The van der Waals surface area contributed by atoms with Gasteiger partial charge in [-0.2, -0.15) is 0 Å². The van der Waals surface area contributed by atoms with E-state index in [4.69, 9.17) is 9.47 Å². The third-order valence-corrected chi connectivity index (χ3v) is 5.10. The topological polar surface area (TPSA) is 105 Å². The summed E-state index contributed by atoms with van der Waals surface area (Å²) in [7, 11) is 0. The molecule has 3 aromatic heterocycles. The van der Waals surface area contributed by atoms with Gasteiger partial charge in [0.2, 0.25) is 0 Å². The minimum atomic E-state index is -0.726. The van der Waals surface area contributed by atoms with Crippen LogP contribution in [0, 0.1) is 6.92 Å². The van der Waals surface area contributed by atoms with Gasteiger partial charge in [-0.05, 0) is 78.8 Å². The normalized spacial score (nSPS) is 12.2. The van der Waals surface area contributed by atoms with E-state index in [1.54, 1.807) is 85.0 Å². The molecule has 35 heavy (non-hydrogen) atoms. The molecule has 0 saturated carbocycles. The average Bonchev–Trinajstić information content (AvgIpc) is 3.27. The van der Waals surface area contributed by atoms with E-state index in [0.717, 1.165) is 6.29 Å². The third kappa shape index (κ3) is 4.66. The van der Waals surface area contributed by atoms with E-state index in [1.807, 2.05) is 0 Å². The van der Waals surface area contributed by atoms with Gasteiger partial charge in [0.1, 0.15) is 28.8 Å². The van der Waals surface area contributed by atoms with Crippen molar-refractivity contribution in [2.45, 2.75) is 59.7 Å². The van der Waals surface area contributed by atoms with E-state index in [-0.39, 0.29) is 0 Å². The molecule has 0 aliphatic rings. The summed E-state index contributed by atoms with van der Waals surface area (Å²) in [5.41, 5.74) is 1.45. The van der Waals surface area contributed by atoms with E-state index in [9.17, 15) is 14.4 Å². The van der Waals surface area contributed by atoms with Crippen molar-refractivity contribution in [3.63, 3.8) is 0 Å². The van der Waals surface area contributed by atoms with Crippen LogP contribution in [0.2, 0.25) is 0 Å². The lowest BCUT2D eigenvalue weighted by molar-refractivity contribution is 0.0531. The van der Waals surface area contributed by atoms with Crippen molar-refractivity contribution in [3.05, 3.63) is 47.9 Å². The Kier molecular flexibility index (Phi) is 5.75. The number of nitrogens with zero attached hydrogens (tertiary/aromatic N) is 4. The maximum atomic E-state index is 13.3. The molecule has 0 N–H and O–H groups in total. The van der Waals surface area contributed by atoms with E-state index < -0.39 is 23.4 Å². The first-order valence-corrected chi connectivity index (χ1v) is 11.2. The monoisotopic (exact) mass is 476 g/mol. The molecule has 0 aliphatic heterocycles. The molecule has 9 heteroatoms. The fourth-order valence-electron chi connectivity index (χ4n) is 3.82. The summed E-state index contributed by atoms with van der Waals surface area (Å²) in [6.07, 6.45) is 1.13. The summed E-state index contributed by atoms with van der Waals surface area (Å²) >= 11 is 0. The minimum absolute atomic E-state index is 0.309. The summed E-state index contributed by atoms with van der Waals surface area (Å²) in [5.74, 6) is 0.400. The number of ether oxygens (including phenoxy) is 2. The summed E-state index contributed by atoms with van der Waals surface area (Å²) < 4.78 is 14.0. The molecule has 4 rings (SSSR count). The van der Waals surface area contributed by atoms with Crippen molar-refractivity contribution < 1.29 is 23.9 Å². The predicted molar refractivity (Wildman–Crippen MR) is 132 cm³/mol. The molecule has 0 bridgehead atoms. The Morgan fingerprint density at radius 3 is 2.14 bits per heavy atom. The quantitative estimate of drug-likeness (QED) is 0.340. The smallest absolute Gasteiger partial charge is 0.421 e. The van der Waals surface area contributed by atoms with Crippen LogP contribution in [0.5, 0.6) is 0 Å². The van der Waals surface area contributed by atoms with Crippen LogP contribution < -0.4 is 0 Å². The van der Waals surface area contributed by atoms with Crippen LogP contribution in [0.25, 0.3) is 33.3 Å². The molecule has 0 spiro atoms. The van der Waals surface area contributed by atoms with Gasteiger partial charge < -0.3 is 9.47 Å².